The van der Waals surface area contributed by atoms with Crippen LogP contribution in [0.25, 0.3) is 11.0 Å². The molecule has 1 aliphatic rings. The van der Waals surface area contributed by atoms with Gasteiger partial charge in [0, 0.05) is 30.1 Å². The highest BCUT2D eigenvalue weighted by Crippen LogP contribution is 2.25. The lowest BCUT2D eigenvalue weighted by Crippen LogP contribution is -2.32. The molecule has 7 heteroatoms. The van der Waals surface area contributed by atoms with E-state index in [2.05, 4.69) is 0 Å². The Morgan fingerprint density at radius 1 is 1.35 bits per heavy atom. The van der Waals surface area contributed by atoms with Gasteiger partial charge in [-0.05, 0) is 31.2 Å². The van der Waals surface area contributed by atoms with Crippen molar-refractivity contribution in [2.24, 2.45) is 0 Å². The molecule has 124 valence electrons. The molecule has 0 radical (unpaired) electrons. The molecule has 1 aliphatic heterocycles. The van der Waals surface area contributed by atoms with Gasteiger partial charge in [-0.2, -0.15) is 0 Å². The van der Waals surface area contributed by atoms with Crippen molar-refractivity contribution in [3.63, 3.8) is 0 Å². The van der Waals surface area contributed by atoms with E-state index < -0.39 is 15.5 Å². The summed E-state index contributed by atoms with van der Waals surface area (Å²) >= 11 is 0. The zero-order chi connectivity index (χ0) is 16.6. The maximum Gasteiger partial charge on any atom is 0.336 e. The topological polar surface area (TPSA) is 76.8 Å². The van der Waals surface area contributed by atoms with Crippen molar-refractivity contribution in [1.29, 1.82) is 0 Å². The third kappa shape index (κ3) is 3.40. The Morgan fingerprint density at radius 3 is 2.78 bits per heavy atom. The van der Waals surface area contributed by atoms with Gasteiger partial charge in [0.2, 0.25) is 0 Å². The predicted molar refractivity (Wildman–Crippen MR) is 87.6 cm³/mol. The van der Waals surface area contributed by atoms with E-state index in [0.717, 1.165) is 10.9 Å². The molecule has 2 heterocycles. The first-order chi connectivity index (χ1) is 10.9. The third-order valence-electron chi connectivity index (χ3n) is 4.29. The molecule has 1 unspecified atom stereocenters. The number of nitrogens with zero attached hydrogens (tertiary/aromatic N) is 1. The fourth-order valence-electron chi connectivity index (χ4n) is 2.99. The van der Waals surface area contributed by atoms with E-state index in [4.69, 9.17) is 9.15 Å². The summed E-state index contributed by atoms with van der Waals surface area (Å²) in [7, 11) is 0.507. The van der Waals surface area contributed by atoms with Crippen LogP contribution in [0, 0.1) is 0 Å². The SMILES string of the molecule is COc1ccc2c(CN(C)C3CCS(=O)(=O)C3)cc(=O)oc2c1. The van der Waals surface area contributed by atoms with E-state index in [0.29, 0.717) is 24.3 Å². The molecule has 1 fully saturated rings. The van der Waals surface area contributed by atoms with Crippen LogP contribution in [0.2, 0.25) is 0 Å². The average Bonchev–Trinajstić information content (AvgIpc) is 2.86. The van der Waals surface area contributed by atoms with Gasteiger partial charge < -0.3 is 9.15 Å². The van der Waals surface area contributed by atoms with Crippen LogP contribution in [0.1, 0.15) is 12.0 Å². The quantitative estimate of drug-likeness (QED) is 0.786. The molecule has 6 nitrogen and oxygen atoms in total. The van der Waals surface area contributed by atoms with Crippen molar-refractivity contribution in [2.45, 2.75) is 19.0 Å². The van der Waals surface area contributed by atoms with Gasteiger partial charge in [-0.15, -0.1) is 0 Å². The molecule has 0 spiro atoms. The van der Waals surface area contributed by atoms with Crippen molar-refractivity contribution in [3.05, 3.63) is 40.2 Å². The summed E-state index contributed by atoms with van der Waals surface area (Å²) in [6.07, 6.45) is 0.631. The normalized spacial score (nSPS) is 20.2. The zero-order valence-corrected chi connectivity index (χ0v) is 13.9. The fourth-order valence-corrected chi connectivity index (χ4v) is 4.79. The van der Waals surface area contributed by atoms with Crippen LogP contribution >= 0.6 is 0 Å². The van der Waals surface area contributed by atoms with Crippen LogP contribution in [0.15, 0.2) is 33.5 Å². The minimum Gasteiger partial charge on any atom is -0.497 e. The molecule has 23 heavy (non-hydrogen) atoms. The summed E-state index contributed by atoms with van der Waals surface area (Å²) in [5.41, 5.74) is 0.873. The minimum absolute atomic E-state index is 0.0134. The van der Waals surface area contributed by atoms with Crippen molar-refractivity contribution >= 4 is 20.8 Å². The first kappa shape index (κ1) is 16.0. The number of hydrogen-bond donors (Lipinski definition) is 0. The lowest BCUT2D eigenvalue weighted by molar-refractivity contribution is 0.254. The van der Waals surface area contributed by atoms with Gasteiger partial charge >= 0.3 is 5.63 Å². The molecule has 1 aromatic heterocycles. The summed E-state index contributed by atoms with van der Waals surface area (Å²) in [6.45, 7) is 0.495. The number of rotatable bonds is 4. The van der Waals surface area contributed by atoms with E-state index in [9.17, 15) is 13.2 Å². The Hall–Kier alpha value is -1.86. The molecule has 0 aliphatic carbocycles. The Labute approximate surface area is 134 Å². The maximum atomic E-state index is 11.8. The molecule has 0 bridgehead atoms. The first-order valence-electron chi connectivity index (χ1n) is 7.39. The summed E-state index contributed by atoms with van der Waals surface area (Å²) < 4.78 is 33.6. The molecule has 3 rings (SSSR count). The number of benzene rings is 1. The molecular formula is C16H19NO5S. The summed E-state index contributed by atoms with van der Waals surface area (Å²) in [5, 5.41) is 0.832. The minimum atomic E-state index is -2.93. The molecule has 1 aromatic carbocycles. The van der Waals surface area contributed by atoms with E-state index in [1.54, 1.807) is 13.2 Å². The smallest absolute Gasteiger partial charge is 0.336 e. The van der Waals surface area contributed by atoms with Crippen LogP contribution in [0.3, 0.4) is 0 Å². The van der Waals surface area contributed by atoms with Gasteiger partial charge in [-0.25, -0.2) is 13.2 Å². The molecule has 0 amide bonds. The van der Waals surface area contributed by atoms with E-state index in [-0.39, 0.29) is 17.5 Å². The number of ether oxygens (including phenoxy) is 1. The predicted octanol–water partition coefficient (Wildman–Crippen LogP) is 1.42. The van der Waals surface area contributed by atoms with E-state index >= 15 is 0 Å². The van der Waals surface area contributed by atoms with Gasteiger partial charge in [0.05, 0.1) is 18.6 Å². The summed E-state index contributed by atoms with van der Waals surface area (Å²) in [6, 6.07) is 6.80. The second kappa shape index (κ2) is 5.98. The Balaban J connectivity index is 1.92. The third-order valence-corrected chi connectivity index (χ3v) is 6.04. The standard InChI is InChI=1S/C16H19NO5S/c1-17(12-5-6-23(19,20)10-12)9-11-7-16(18)22-15-8-13(21-2)3-4-14(11)15/h3-4,7-8,12H,5-6,9-10H2,1-2H3. The van der Waals surface area contributed by atoms with Gasteiger partial charge in [-0.3, -0.25) is 4.90 Å². The number of fused-ring (bicyclic) bond motifs is 1. The van der Waals surface area contributed by atoms with Gasteiger partial charge in [0.25, 0.3) is 0 Å². The van der Waals surface area contributed by atoms with Gasteiger partial charge in [0.15, 0.2) is 9.84 Å². The highest BCUT2D eigenvalue weighted by atomic mass is 32.2. The van der Waals surface area contributed by atoms with Crippen molar-refractivity contribution in [2.75, 3.05) is 25.7 Å². The van der Waals surface area contributed by atoms with Crippen molar-refractivity contribution in [1.82, 2.24) is 4.90 Å². The molecule has 2 aromatic rings. The lowest BCUT2D eigenvalue weighted by Gasteiger charge is -2.23. The van der Waals surface area contributed by atoms with Crippen molar-refractivity contribution < 1.29 is 17.6 Å². The number of sulfone groups is 1. The van der Waals surface area contributed by atoms with E-state index in [1.807, 2.05) is 24.1 Å². The largest absolute Gasteiger partial charge is 0.497 e. The van der Waals surface area contributed by atoms with Gasteiger partial charge in [-0.1, -0.05) is 0 Å². The Kier molecular flexibility index (Phi) is 4.16. The second-order valence-electron chi connectivity index (χ2n) is 5.92. The van der Waals surface area contributed by atoms with Crippen LogP contribution < -0.4 is 10.4 Å². The van der Waals surface area contributed by atoms with E-state index in [1.165, 1.54) is 6.07 Å². The van der Waals surface area contributed by atoms with Gasteiger partial charge in [0.1, 0.15) is 11.3 Å². The fraction of sp³-hybridized carbons (Fsp3) is 0.438. The first-order valence-corrected chi connectivity index (χ1v) is 9.21. The lowest BCUT2D eigenvalue weighted by atomic mass is 10.1. The van der Waals surface area contributed by atoms with Crippen LogP contribution in [-0.2, 0) is 16.4 Å². The monoisotopic (exact) mass is 337 g/mol. The molecule has 0 saturated carbocycles. The average molecular weight is 337 g/mol. The Bertz CT molecular complexity index is 887. The summed E-state index contributed by atoms with van der Waals surface area (Å²) in [4.78, 5) is 13.8. The molecule has 1 atom stereocenters. The second-order valence-corrected chi connectivity index (χ2v) is 8.15. The maximum absolute atomic E-state index is 11.8. The van der Waals surface area contributed by atoms with Crippen LogP contribution in [0.4, 0.5) is 0 Å². The zero-order valence-electron chi connectivity index (χ0n) is 13.1. The molecular weight excluding hydrogens is 318 g/mol. The van der Waals surface area contributed by atoms with Crippen LogP contribution in [0.5, 0.6) is 5.75 Å². The highest BCUT2D eigenvalue weighted by molar-refractivity contribution is 7.91. The Morgan fingerprint density at radius 2 is 2.13 bits per heavy atom. The molecule has 0 N–H and O–H groups in total. The highest BCUT2D eigenvalue weighted by Gasteiger charge is 2.30. The van der Waals surface area contributed by atoms with Crippen LogP contribution in [-0.4, -0.2) is 45.0 Å². The number of methoxy groups -OCH3 is 1. The van der Waals surface area contributed by atoms with Crippen molar-refractivity contribution in [3.8, 4) is 5.75 Å². The molecule has 1 saturated heterocycles. The summed E-state index contributed by atoms with van der Waals surface area (Å²) in [5.74, 6) is 1.03. The number of hydrogen-bond acceptors (Lipinski definition) is 6.